The van der Waals surface area contributed by atoms with Gasteiger partial charge >= 0.3 is 0 Å². The summed E-state index contributed by atoms with van der Waals surface area (Å²) in [4.78, 5) is 11.5. The molecule has 0 aromatic carbocycles. The highest BCUT2D eigenvalue weighted by Gasteiger charge is 2.44. The Morgan fingerprint density at radius 1 is 1.10 bits per heavy atom. The van der Waals surface area contributed by atoms with E-state index in [2.05, 4.69) is 0 Å². The number of hydrogen-bond donors (Lipinski definition) is 2. The molecule has 2 bridgehead atoms. The zero-order valence-corrected chi connectivity index (χ0v) is 11.2. The molecule has 2 heterocycles. The Hall–Kier alpha value is -2.17. The van der Waals surface area contributed by atoms with Crippen LogP contribution in [0.4, 0.5) is 0 Å². The van der Waals surface area contributed by atoms with Gasteiger partial charge < -0.3 is 14.8 Å². The van der Waals surface area contributed by atoms with Gasteiger partial charge in [-0.3, -0.25) is 4.79 Å². The highest BCUT2D eigenvalue weighted by molar-refractivity contribution is 5.58. The van der Waals surface area contributed by atoms with Crippen molar-refractivity contribution in [1.82, 2.24) is 9.13 Å². The van der Waals surface area contributed by atoms with Gasteiger partial charge in [-0.1, -0.05) is 0 Å². The molecule has 2 aliphatic rings. The lowest BCUT2D eigenvalue weighted by Crippen LogP contribution is -2.15. The first-order valence-electron chi connectivity index (χ1n) is 6.91. The zero-order valence-electron chi connectivity index (χ0n) is 11.2. The first-order valence-corrected chi connectivity index (χ1v) is 6.91. The molecule has 20 heavy (non-hydrogen) atoms. The van der Waals surface area contributed by atoms with Crippen LogP contribution in [0.15, 0.2) is 23.1 Å². The highest BCUT2D eigenvalue weighted by atomic mass is 16.3. The molecule has 5 heteroatoms. The molecular formula is C15H16N2O3. The second-order valence-electron chi connectivity index (χ2n) is 5.85. The van der Waals surface area contributed by atoms with Crippen LogP contribution < -0.4 is 5.56 Å². The van der Waals surface area contributed by atoms with E-state index in [0.29, 0.717) is 17.5 Å². The van der Waals surface area contributed by atoms with Crippen molar-refractivity contribution in [3.05, 3.63) is 39.8 Å². The monoisotopic (exact) mass is 272 g/mol. The number of rotatable bonds is 1. The number of aromatic nitrogens is 2. The molecule has 1 fully saturated rings. The van der Waals surface area contributed by atoms with E-state index in [1.807, 2.05) is 0 Å². The minimum atomic E-state index is -0.118. The van der Waals surface area contributed by atoms with Crippen molar-refractivity contribution in [2.75, 3.05) is 0 Å². The van der Waals surface area contributed by atoms with E-state index in [4.69, 9.17) is 0 Å². The van der Waals surface area contributed by atoms with Gasteiger partial charge in [0.25, 0.3) is 0 Å². The van der Waals surface area contributed by atoms with Crippen LogP contribution in [0.25, 0.3) is 5.69 Å². The number of aryl methyl sites for hydroxylation is 1. The van der Waals surface area contributed by atoms with Crippen LogP contribution in [0.3, 0.4) is 0 Å². The van der Waals surface area contributed by atoms with E-state index in [1.54, 1.807) is 19.3 Å². The van der Waals surface area contributed by atoms with Crippen LogP contribution >= 0.6 is 0 Å². The van der Waals surface area contributed by atoms with Crippen molar-refractivity contribution >= 4 is 0 Å². The fraction of sp³-hybridized carbons (Fsp3) is 0.400. The average molecular weight is 272 g/mol. The minimum absolute atomic E-state index is 0.118. The van der Waals surface area contributed by atoms with Gasteiger partial charge in [-0.05, 0) is 37.2 Å². The summed E-state index contributed by atoms with van der Waals surface area (Å²) < 4.78 is 2.89. The molecule has 4 rings (SSSR count). The highest BCUT2D eigenvalue weighted by Crippen LogP contribution is 2.60. The maximum Gasteiger partial charge on any atom is 0.250 e. The molecule has 0 amide bonds. The lowest BCUT2D eigenvalue weighted by molar-refractivity contribution is 0.394. The summed E-state index contributed by atoms with van der Waals surface area (Å²) in [5.74, 6) is 0.996. The normalized spacial score (nSPS) is 23.2. The Balaban J connectivity index is 1.96. The molecule has 2 aromatic heterocycles. The van der Waals surface area contributed by atoms with Gasteiger partial charge in [-0.2, -0.15) is 0 Å². The van der Waals surface area contributed by atoms with Crippen molar-refractivity contribution in [2.24, 2.45) is 7.05 Å². The Morgan fingerprint density at radius 3 is 2.25 bits per heavy atom. The molecule has 0 saturated heterocycles. The van der Waals surface area contributed by atoms with Crippen molar-refractivity contribution in [1.29, 1.82) is 0 Å². The topological polar surface area (TPSA) is 67.4 Å². The van der Waals surface area contributed by atoms with Crippen LogP contribution in [0.1, 0.15) is 42.2 Å². The van der Waals surface area contributed by atoms with E-state index in [9.17, 15) is 15.0 Å². The van der Waals surface area contributed by atoms with E-state index in [0.717, 1.165) is 30.4 Å². The number of pyridine rings is 1. The van der Waals surface area contributed by atoms with E-state index >= 15 is 0 Å². The first kappa shape index (κ1) is 11.6. The van der Waals surface area contributed by atoms with Crippen molar-refractivity contribution < 1.29 is 10.2 Å². The Labute approximate surface area is 115 Å². The third kappa shape index (κ3) is 1.30. The average Bonchev–Trinajstić information content (AvgIpc) is 3.08. The summed E-state index contributed by atoms with van der Waals surface area (Å²) in [6.07, 6.45) is 4.84. The SMILES string of the molecule is Cn1cc(-n2c(O)c3c(c2O)C2CCC3C2)ccc1=O. The van der Waals surface area contributed by atoms with Crippen LogP contribution in [-0.4, -0.2) is 19.3 Å². The summed E-state index contributed by atoms with van der Waals surface area (Å²) in [6.45, 7) is 0. The number of hydrogen-bond acceptors (Lipinski definition) is 3. The predicted molar refractivity (Wildman–Crippen MR) is 73.7 cm³/mol. The smallest absolute Gasteiger partial charge is 0.250 e. The molecule has 2 unspecified atom stereocenters. The third-order valence-corrected chi connectivity index (χ3v) is 4.77. The molecule has 5 nitrogen and oxygen atoms in total. The molecule has 0 spiro atoms. The Kier molecular flexibility index (Phi) is 2.14. The molecule has 2 aromatic rings. The maximum atomic E-state index is 11.5. The molecular weight excluding hydrogens is 256 g/mol. The molecule has 0 radical (unpaired) electrons. The van der Waals surface area contributed by atoms with E-state index in [-0.39, 0.29) is 17.3 Å². The minimum Gasteiger partial charge on any atom is -0.494 e. The van der Waals surface area contributed by atoms with E-state index < -0.39 is 0 Å². The largest absolute Gasteiger partial charge is 0.494 e. The van der Waals surface area contributed by atoms with E-state index in [1.165, 1.54) is 15.2 Å². The molecule has 1 saturated carbocycles. The summed E-state index contributed by atoms with van der Waals surface area (Å²) in [5, 5.41) is 21.0. The molecule has 2 atom stereocenters. The second-order valence-corrected chi connectivity index (χ2v) is 5.85. The van der Waals surface area contributed by atoms with Crippen LogP contribution in [0.2, 0.25) is 0 Å². The maximum absolute atomic E-state index is 11.5. The predicted octanol–water partition coefficient (Wildman–Crippen LogP) is 1.95. The third-order valence-electron chi connectivity index (χ3n) is 4.77. The van der Waals surface area contributed by atoms with Gasteiger partial charge in [0.2, 0.25) is 17.3 Å². The summed E-state index contributed by atoms with van der Waals surface area (Å²) in [5.41, 5.74) is 2.31. The number of fused-ring (bicyclic) bond motifs is 5. The fourth-order valence-corrected chi connectivity index (χ4v) is 3.85. The van der Waals surface area contributed by atoms with Gasteiger partial charge in [0.1, 0.15) is 0 Å². The summed E-state index contributed by atoms with van der Waals surface area (Å²) in [7, 11) is 1.65. The van der Waals surface area contributed by atoms with Gasteiger partial charge in [-0.15, -0.1) is 0 Å². The summed E-state index contributed by atoms with van der Waals surface area (Å²) >= 11 is 0. The fourth-order valence-electron chi connectivity index (χ4n) is 3.85. The van der Waals surface area contributed by atoms with Crippen molar-refractivity contribution in [2.45, 2.75) is 31.1 Å². The summed E-state index contributed by atoms with van der Waals surface area (Å²) in [6, 6.07) is 3.06. The van der Waals surface area contributed by atoms with Crippen LogP contribution in [0.5, 0.6) is 11.8 Å². The van der Waals surface area contributed by atoms with Crippen molar-refractivity contribution in [3.63, 3.8) is 0 Å². The number of aromatic hydroxyl groups is 2. The molecule has 104 valence electrons. The van der Waals surface area contributed by atoms with Gasteiger partial charge in [0.15, 0.2) is 0 Å². The van der Waals surface area contributed by atoms with Crippen LogP contribution in [0, 0.1) is 0 Å². The lowest BCUT2D eigenvalue weighted by Gasteiger charge is -2.10. The lowest BCUT2D eigenvalue weighted by atomic mass is 9.95. The molecule has 2 aliphatic carbocycles. The van der Waals surface area contributed by atoms with Gasteiger partial charge in [0, 0.05) is 30.4 Å². The van der Waals surface area contributed by atoms with Gasteiger partial charge in [-0.25, -0.2) is 4.57 Å². The van der Waals surface area contributed by atoms with Gasteiger partial charge in [0.05, 0.1) is 5.69 Å². The van der Waals surface area contributed by atoms with Crippen LogP contribution in [-0.2, 0) is 7.05 Å². The zero-order chi connectivity index (χ0) is 14.0. The second kappa shape index (κ2) is 3.69. The standard InChI is InChI=1S/C15H16N2O3/c1-16-7-10(4-5-11(16)18)17-14(19)12-8-2-3-9(6-8)13(12)15(17)20/h4-5,7-9,19-20H,2-3,6H2,1H3. The number of nitrogens with zero attached hydrogens (tertiary/aromatic N) is 2. The quantitative estimate of drug-likeness (QED) is 0.833. The Bertz CT molecular complexity index is 739. The Morgan fingerprint density at radius 2 is 1.70 bits per heavy atom. The van der Waals surface area contributed by atoms with Crippen molar-refractivity contribution in [3.8, 4) is 17.4 Å². The first-order chi connectivity index (χ1) is 9.58. The molecule has 0 aliphatic heterocycles. The molecule has 2 N–H and O–H groups in total.